The first kappa shape index (κ1) is 32.0. The first-order valence-corrected chi connectivity index (χ1v) is 14.8. The summed E-state index contributed by atoms with van der Waals surface area (Å²) in [7, 11) is -9.85. The molecular weight excluding hydrogens is 586 g/mol. The van der Waals surface area contributed by atoms with Gasteiger partial charge in [-0.2, -0.15) is 16.8 Å². The number of aliphatic hydroxyl groups excluding tert-OH is 3. The van der Waals surface area contributed by atoms with Crippen LogP contribution in [0, 0.1) is 0 Å². The summed E-state index contributed by atoms with van der Waals surface area (Å²) in [5.41, 5.74) is 5.09. The van der Waals surface area contributed by atoms with Gasteiger partial charge in [-0.25, -0.2) is 0 Å². The van der Waals surface area contributed by atoms with E-state index in [9.17, 15) is 40.6 Å². The molecule has 11 N–H and O–H groups in total. The summed E-state index contributed by atoms with van der Waals surface area (Å²) in [6.07, 6.45) is 0. The molecule has 0 aliphatic rings. The predicted octanol–water partition coefficient (Wildman–Crippen LogP) is -2.22. The van der Waals surface area contributed by atoms with Gasteiger partial charge in [-0.3, -0.25) is 23.3 Å². The monoisotopic (exact) mass is 615 g/mol. The zero-order valence-electron chi connectivity index (χ0n) is 21.5. The molecular formula is C24H29N3O12S2+2. The second kappa shape index (κ2) is 12.6. The number of aliphatic hydroxyl groups is 3. The van der Waals surface area contributed by atoms with Crippen LogP contribution in [0.4, 0.5) is 0 Å². The van der Waals surface area contributed by atoms with Crippen LogP contribution in [0.5, 0.6) is 0 Å². The van der Waals surface area contributed by atoms with E-state index in [1.807, 2.05) is 0 Å². The first-order chi connectivity index (χ1) is 19.3. The quantitative estimate of drug-likeness (QED) is 0.0608. The molecule has 5 aromatic rings. The van der Waals surface area contributed by atoms with Crippen LogP contribution in [0.1, 0.15) is 0 Å². The second-order valence-corrected chi connectivity index (χ2v) is 11.3. The molecule has 0 saturated heterocycles. The number of hydrogen-bond donors (Lipinski definition) is 7. The van der Waals surface area contributed by atoms with Crippen molar-refractivity contribution in [1.82, 2.24) is 4.57 Å². The lowest BCUT2D eigenvalue weighted by Crippen LogP contribution is -2.51. The third-order valence-electron chi connectivity index (χ3n) is 5.82. The molecule has 17 heteroatoms. The summed E-state index contributed by atoms with van der Waals surface area (Å²) in [6.45, 7) is 1.02. The minimum Gasteiger partial charge on any atom is -0.455 e. The maximum absolute atomic E-state index is 12.9. The van der Waals surface area contributed by atoms with Crippen LogP contribution in [0.3, 0.4) is 0 Å². The third kappa shape index (κ3) is 6.22. The number of hydrogen-bond acceptors (Lipinski definition) is 10. The zero-order valence-corrected chi connectivity index (χ0v) is 23.1. The molecule has 3 aromatic carbocycles. The van der Waals surface area contributed by atoms with Gasteiger partial charge in [0.2, 0.25) is 0 Å². The molecule has 2 heterocycles. The van der Waals surface area contributed by atoms with Crippen molar-refractivity contribution < 1.29 is 57.1 Å². The number of aromatic nitrogens is 1. The fraction of sp³-hybridized carbons (Fsp3) is 0.250. The van der Waals surface area contributed by atoms with E-state index in [0.29, 0.717) is 19.2 Å². The number of benzene rings is 3. The normalized spacial score (nSPS) is 12.0. The summed E-state index contributed by atoms with van der Waals surface area (Å²) >= 11 is 0. The van der Waals surface area contributed by atoms with Gasteiger partial charge < -0.3 is 31.2 Å². The van der Waals surface area contributed by atoms with Crippen molar-refractivity contribution in [3.05, 3.63) is 57.1 Å². The zero-order chi connectivity index (χ0) is 30.7. The Balaban J connectivity index is 0.000000515. The van der Waals surface area contributed by atoms with Gasteiger partial charge in [-0.1, -0.05) is 6.07 Å². The fourth-order valence-corrected chi connectivity index (χ4v) is 5.42. The molecule has 15 nitrogen and oxygen atoms in total. The van der Waals surface area contributed by atoms with Crippen molar-refractivity contribution in [3.8, 4) is 0 Å². The molecule has 0 bridgehead atoms. The van der Waals surface area contributed by atoms with Gasteiger partial charge >= 0.3 is 0 Å². The Kier molecular flexibility index (Phi) is 9.80. The van der Waals surface area contributed by atoms with E-state index in [4.69, 9.17) is 14.6 Å². The van der Waals surface area contributed by atoms with Gasteiger partial charge in [0, 0.05) is 26.9 Å². The first-order valence-electron chi connectivity index (χ1n) is 11.9. The Labute approximate surface area is 231 Å². The van der Waals surface area contributed by atoms with Gasteiger partial charge in [0.25, 0.3) is 31.4 Å². The van der Waals surface area contributed by atoms with Gasteiger partial charge in [0.15, 0.2) is 5.58 Å². The van der Waals surface area contributed by atoms with Crippen molar-refractivity contribution in [3.63, 3.8) is 0 Å². The van der Waals surface area contributed by atoms with Gasteiger partial charge in [0.1, 0.15) is 10.5 Å². The van der Waals surface area contributed by atoms with Gasteiger partial charge in [0.05, 0.1) is 44.4 Å². The van der Waals surface area contributed by atoms with E-state index in [1.165, 1.54) is 24.3 Å². The highest BCUT2D eigenvalue weighted by molar-refractivity contribution is 7.86. The van der Waals surface area contributed by atoms with Crippen molar-refractivity contribution in [2.45, 2.75) is 16.3 Å². The molecule has 0 unspecified atom stereocenters. The summed E-state index contributed by atoms with van der Waals surface area (Å²) in [4.78, 5) is 24.1. The minimum atomic E-state index is -4.98. The maximum Gasteiger partial charge on any atom is 0.298 e. The Morgan fingerprint density at radius 1 is 0.707 bits per heavy atom. The highest BCUT2D eigenvalue weighted by atomic mass is 32.2. The lowest BCUT2D eigenvalue weighted by Gasteiger charge is -2.15. The van der Waals surface area contributed by atoms with E-state index in [-0.39, 0.29) is 63.2 Å². The van der Waals surface area contributed by atoms with E-state index in [0.717, 1.165) is 10.6 Å². The molecule has 0 radical (unpaired) electrons. The fourth-order valence-electron chi connectivity index (χ4n) is 4.15. The van der Waals surface area contributed by atoms with Crippen molar-refractivity contribution in [2.24, 2.45) is 0 Å². The van der Waals surface area contributed by atoms with E-state index in [1.54, 1.807) is 0 Å². The molecule has 0 aliphatic carbocycles. The van der Waals surface area contributed by atoms with Gasteiger partial charge in [-0.05, 0) is 35.7 Å². The number of pyridine rings is 1. The Morgan fingerprint density at radius 2 is 1.22 bits per heavy atom. The number of nitrogens with zero attached hydrogens (tertiary/aromatic N) is 1. The summed E-state index contributed by atoms with van der Waals surface area (Å²) in [5.74, 6) is 0. The molecule has 41 heavy (non-hydrogen) atoms. The predicted molar refractivity (Wildman–Crippen MR) is 147 cm³/mol. The number of rotatable bonds is 6. The average molecular weight is 616 g/mol. The Morgan fingerprint density at radius 3 is 1.68 bits per heavy atom. The SMILES string of the molecule is O=c1c2ccc3oc4c(S(=O)(=O)O)cc(S(=O)(=O)O)cc4c4ccc(c(=O)n1CCO)c2c34.[NH3+]CCO.[NH3+]CCO. The molecule has 0 aliphatic heterocycles. The smallest absolute Gasteiger partial charge is 0.298 e. The summed E-state index contributed by atoms with van der Waals surface area (Å²) in [6, 6.07) is 7.09. The highest BCUT2D eigenvalue weighted by Gasteiger charge is 2.25. The van der Waals surface area contributed by atoms with Gasteiger partial charge in [-0.15, -0.1) is 0 Å². The number of fused-ring (bicyclic) bond motifs is 2. The van der Waals surface area contributed by atoms with Crippen LogP contribution in [0.15, 0.2) is 60.2 Å². The van der Waals surface area contributed by atoms with Crippen molar-refractivity contribution in [2.75, 3.05) is 32.9 Å². The Bertz CT molecular complexity index is 2010. The Hall–Kier alpha value is -3.52. The molecule has 0 saturated carbocycles. The van der Waals surface area contributed by atoms with Crippen LogP contribution in [-0.4, -0.2) is 78.7 Å². The summed E-state index contributed by atoms with van der Waals surface area (Å²) < 4.78 is 73.2. The van der Waals surface area contributed by atoms with E-state index < -0.39 is 47.8 Å². The molecule has 222 valence electrons. The van der Waals surface area contributed by atoms with E-state index >= 15 is 0 Å². The molecule has 0 spiro atoms. The molecule has 5 rings (SSSR count). The highest BCUT2D eigenvalue weighted by Crippen LogP contribution is 2.39. The largest absolute Gasteiger partial charge is 0.455 e. The van der Waals surface area contributed by atoms with Crippen LogP contribution < -0.4 is 22.6 Å². The minimum absolute atomic E-state index is 0.0683. The molecule has 0 amide bonds. The average Bonchev–Trinajstić information content (AvgIpc) is 2.93. The third-order valence-corrected chi connectivity index (χ3v) is 7.51. The van der Waals surface area contributed by atoms with Crippen LogP contribution in [0.2, 0.25) is 0 Å². The van der Waals surface area contributed by atoms with Crippen LogP contribution in [-0.2, 0) is 26.8 Å². The topological polar surface area (TPSA) is 277 Å². The molecule has 2 aromatic heterocycles. The maximum atomic E-state index is 12.9. The van der Waals surface area contributed by atoms with Crippen molar-refractivity contribution >= 4 is 63.7 Å². The second-order valence-electron chi connectivity index (χ2n) is 8.51. The number of quaternary nitrogens is 2. The van der Waals surface area contributed by atoms with Crippen molar-refractivity contribution in [1.29, 1.82) is 0 Å². The van der Waals surface area contributed by atoms with Crippen LogP contribution in [0.25, 0.3) is 43.5 Å². The molecule has 0 atom stereocenters. The standard InChI is InChI=1S/C20H13NO10S2.2C2H7NO/c22-6-5-21-19(23)11-2-1-10-13-7-9(32(25,26)27)8-15(33(28,29)30)18(13)31-14-4-3-12(20(21)24)16(11)17(10)14;2*3-1-2-4/h1-4,7-8,22H,5-6H2,(H,25,26,27)(H,28,29,30);2*4H,1-3H2/p+2. The van der Waals surface area contributed by atoms with Crippen LogP contribution >= 0.6 is 0 Å². The molecule has 0 fully saturated rings. The van der Waals surface area contributed by atoms with E-state index in [2.05, 4.69) is 11.5 Å². The lowest BCUT2D eigenvalue weighted by atomic mass is 9.96. The summed E-state index contributed by atoms with van der Waals surface area (Å²) in [5, 5.41) is 25.7. The lowest BCUT2D eigenvalue weighted by molar-refractivity contribution is -0.372.